The summed E-state index contributed by atoms with van der Waals surface area (Å²) in [6.07, 6.45) is 3.13. The number of nitrogens with zero attached hydrogens (tertiary/aromatic N) is 3. The molecule has 2 heterocycles. The minimum absolute atomic E-state index is 0.103. The van der Waals surface area contributed by atoms with E-state index in [1.165, 1.54) is 18.3 Å². The van der Waals surface area contributed by atoms with Gasteiger partial charge in [-0.2, -0.15) is 0 Å². The number of fused-ring (bicyclic) bond motifs is 1. The average molecular weight is 522 g/mol. The van der Waals surface area contributed by atoms with E-state index in [1.807, 2.05) is 62.6 Å². The zero-order valence-electron chi connectivity index (χ0n) is 21.6. The van der Waals surface area contributed by atoms with Crippen LogP contribution in [0.15, 0.2) is 96.2 Å². The van der Waals surface area contributed by atoms with Gasteiger partial charge in [0, 0.05) is 36.4 Å². The fourth-order valence-electron chi connectivity index (χ4n) is 4.44. The van der Waals surface area contributed by atoms with Crippen LogP contribution in [0.3, 0.4) is 0 Å². The number of aromatic amines is 1. The predicted octanol–water partition coefficient (Wildman–Crippen LogP) is 5.57. The second kappa shape index (κ2) is 11.3. The average Bonchev–Trinajstić information content (AvgIpc) is 3.26. The van der Waals surface area contributed by atoms with E-state index in [9.17, 15) is 14.3 Å². The minimum Gasteiger partial charge on any atom is -0.494 e. The van der Waals surface area contributed by atoms with Crippen molar-refractivity contribution in [2.45, 2.75) is 13.1 Å². The molecule has 0 fully saturated rings. The lowest BCUT2D eigenvalue weighted by Gasteiger charge is -2.12. The van der Waals surface area contributed by atoms with E-state index in [-0.39, 0.29) is 11.8 Å². The van der Waals surface area contributed by atoms with Gasteiger partial charge in [-0.15, -0.1) is 0 Å². The second-order valence-electron chi connectivity index (χ2n) is 9.53. The van der Waals surface area contributed by atoms with Crippen molar-refractivity contribution >= 4 is 28.2 Å². The number of carbonyl (C=O) groups excluding carboxylic acids is 1. The molecular formula is C31H28FN5O2. The topological polar surface area (TPSA) is 93.6 Å². The number of hydrogen-bond donors (Lipinski definition) is 3. The summed E-state index contributed by atoms with van der Waals surface area (Å²) in [4.78, 5) is 26.4. The van der Waals surface area contributed by atoms with Gasteiger partial charge in [0.2, 0.25) is 0 Å². The zero-order chi connectivity index (χ0) is 27.4. The van der Waals surface area contributed by atoms with Crippen molar-refractivity contribution in [1.82, 2.24) is 20.2 Å². The number of nitrogens with one attached hydrogen (secondary N) is 2. The van der Waals surface area contributed by atoms with Gasteiger partial charge in [-0.25, -0.2) is 9.38 Å². The highest BCUT2D eigenvalue weighted by atomic mass is 19.1. The van der Waals surface area contributed by atoms with E-state index in [2.05, 4.69) is 20.2 Å². The fourth-order valence-corrected chi connectivity index (χ4v) is 4.44. The lowest BCUT2D eigenvalue weighted by molar-refractivity contribution is 0.0950. The fraction of sp³-hybridized carbons (Fsp3) is 0.129. The summed E-state index contributed by atoms with van der Waals surface area (Å²) in [5.41, 5.74) is 5.38. The largest absolute Gasteiger partial charge is 0.494 e. The number of aromatic nitrogens is 2. The Bertz CT molecular complexity index is 1640. The van der Waals surface area contributed by atoms with Gasteiger partial charge in [0.15, 0.2) is 5.88 Å². The Labute approximate surface area is 225 Å². The smallest absolute Gasteiger partial charge is 0.253 e. The number of amides is 1. The van der Waals surface area contributed by atoms with Gasteiger partial charge < -0.3 is 20.3 Å². The molecule has 5 aromatic rings. The predicted molar refractivity (Wildman–Crippen MR) is 151 cm³/mol. The molecule has 0 aliphatic rings. The minimum atomic E-state index is -0.406. The summed E-state index contributed by atoms with van der Waals surface area (Å²) in [6.45, 7) is 1.09. The van der Waals surface area contributed by atoms with Gasteiger partial charge in [-0.1, -0.05) is 30.3 Å². The Hall–Kier alpha value is -4.82. The lowest BCUT2D eigenvalue weighted by atomic mass is 9.99. The molecular weight excluding hydrogens is 493 g/mol. The number of aromatic hydroxyl groups is 1. The molecule has 1 amide bonds. The highest BCUT2D eigenvalue weighted by molar-refractivity contribution is 6.22. The van der Waals surface area contributed by atoms with Crippen molar-refractivity contribution in [3.8, 4) is 5.88 Å². The van der Waals surface area contributed by atoms with Crippen molar-refractivity contribution < 1.29 is 14.3 Å². The van der Waals surface area contributed by atoms with Crippen LogP contribution >= 0.6 is 0 Å². The molecule has 0 saturated heterocycles. The maximum absolute atomic E-state index is 13.9. The summed E-state index contributed by atoms with van der Waals surface area (Å²) in [5, 5.41) is 14.5. The third kappa shape index (κ3) is 6.02. The first-order valence-corrected chi connectivity index (χ1v) is 12.5. The number of aliphatic imine (C=N–C) groups is 1. The van der Waals surface area contributed by atoms with Crippen LogP contribution in [0.4, 0.5) is 10.1 Å². The van der Waals surface area contributed by atoms with Gasteiger partial charge in [-0.3, -0.25) is 9.78 Å². The Morgan fingerprint density at radius 1 is 1.00 bits per heavy atom. The van der Waals surface area contributed by atoms with E-state index in [4.69, 9.17) is 4.99 Å². The molecule has 0 bridgehead atoms. The summed E-state index contributed by atoms with van der Waals surface area (Å²) < 4.78 is 13.9. The van der Waals surface area contributed by atoms with Gasteiger partial charge in [-0.05, 0) is 73.8 Å². The van der Waals surface area contributed by atoms with Crippen LogP contribution in [-0.4, -0.2) is 45.7 Å². The van der Waals surface area contributed by atoms with Crippen LogP contribution in [0, 0.1) is 5.82 Å². The summed E-state index contributed by atoms with van der Waals surface area (Å²) in [6, 6.07) is 23.3. The van der Waals surface area contributed by atoms with Crippen LogP contribution in [0.5, 0.6) is 5.88 Å². The molecule has 0 unspecified atom stereocenters. The summed E-state index contributed by atoms with van der Waals surface area (Å²) in [7, 11) is 4.03. The maximum atomic E-state index is 13.9. The first-order chi connectivity index (χ1) is 18.9. The van der Waals surface area contributed by atoms with Crippen molar-refractivity contribution in [2.24, 2.45) is 4.99 Å². The summed E-state index contributed by atoms with van der Waals surface area (Å²) in [5.74, 6) is -0.734. The maximum Gasteiger partial charge on any atom is 0.253 e. The number of hydrogen-bond acceptors (Lipinski definition) is 5. The number of halogens is 1. The molecule has 7 nitrogen and oxygen atoms in total. The molecule has 39 heavy (non-hydrogen) atoms. The molecule has 0 radical (unpaired) electrons. The van der Waals surface area contributed by atoms with Gasteiger partial charge >= 0.3 is 0 Å². The van der Waals surface area contributed by atoms with E-state index in [0.29, 0.717) is 40.0 Å². The molecule has 0 atom stereocenters. The normalized spacial score (nSPS) is 11.7. The first-order valence-electron chi connectivity index (χ1n) is 12.5. The Kier molecular flexibility index (Phi) is 7.47. The Balaban J connectivity index is 1.53. The number of carbonyl (C=O) groups is 1. The highest BCUT2D eigenvalue weighted by Gasteiger charge is 2.19. The second-order valence-corrected chi connectivity index (χ2v) is 9.53. The molecule has 0 aliphatic carbocycles. The lowest BCUT2D eigenvalue weighted by Crippen LogP contribution is -2.23. The van der Waals surface area contributed by atoms with Gasteiger partial charge in [0.1, 0.15) is 5.82 Å². The molecule has 5 rings (SSSR count). The molecule has 8 heteroatoms. The van der Waals surface area contributed by atoms with Crippen molar-refractivity contribution in [3.05, 3.63) is 125 Å². The first kappa shape index (κ1) is 25.8. The van der Waals surface area contributed by atoms with Crippen LogP contribution in [0.2, 0.25) is 0 Å². The van der Waals surface area contributed by atoms with Crippen molar-refractivity contribution in [1.29, 1.82) is 0 Å². The van der Waals surface area contributed by atoms with E-state index in [1.54, 1.807) is 24.4 Å². The summed E-state index contributed by atoms with van der Waals surface area (Å²) >= 11 is 0. The molecule has 0 aliphatic heterocycles. The molecule has 2 aromatic heterocycles. The third-order valence-corrected chi connectivity index (χ3v) is 6.23. The Morgan fingerprint density at radius 3 is 2.54 bits per heavy atom. The monoisotopic (exact) mass is 521 g/mol. The molecule has 196 valence electrons. The van der Waals surface area contributed by atoms with Gasteiger partial charge in [0.25, 0.3) is 5.91 Å². The van der Waals surface area contributed by atoms with Crippen LogP contribution < -0.4 is 5.32 Å². The molecule has 3 N–H and O–H groups in total. The number of rotatable bonds is 8. The quantitative estimate of drug-likeness (QED) is 0.233. The molecule has 0 saturated carbocycles. The van der Waals surface area contributed by atoms with Crippen LogP contribution in [0.1, 0.15) is 32.6 Å². The number of H-pyrrole nitrogens is 1. The van der Waals surface area contributed by atoms with E-state index >= 15 is 0 Å². The van der Waals surface area contributed by atoms with Crippen LogP contribution in [0.25, 0.3) is 10.9 Å². The molecule has 3 aromatic carbocycles. The van der Waals surface area contributed by atoms with E-state index in [0.717, 1.165) is 23.2 Å². The zero-order valence-corrected chi connectivity index (χ0v) is 21.6. The SMILES string of the molecule is CN(C)Cc1ccc(N=C(c2cccc(CNC(=O)c3cccnc3)c2)c2c(O)[nH]c3cc(F)ccc23)cc1. The van der Waals surface area contributed by atoms with Crippen molar-refractivity contribution in [2.75, 3.05) is 14.1 Å². The van der Waals surface area contributed by atoms with Crippen molar-refractivity contribution in [3.63, 3.8) is 0 Å². The van der Waals surface area contributed by atoms with Gasteiger partial charge in [0.05, 0.1) is 28.0 Å². The highest BCUT2D eigenvalue weighted by Crippen LogP contribution is 2.32. The number of benzene rings is 3. The number of pyridine rings is 1. The van der Waals surface area contributed by atoms with E-state index < -0.39 is 5.82 Å². The standard InChI is InChI=1S/C31H28FN5O2/c1-37(2)19-20-8-11-25(12-9-20)35-29(28-26-13-10-24(32)16-27(26)36-31(28)39)22-6-3-5-21(15-22)17-34-30(38)23-7-4-14-33-18-23/h3-16,18,36,39H,17,19H2,1-2H3,(H,34,38). The third-order valence-electron chi connectivity index (χ3n) is 6.23. The van der Waals surface area contributed by atoms with Crippen LogP contribution in [-0.2, 0) is 13.1 Å². The molecule has 0 spiro atoms. The Morgan fingerprint density at radius 2 is 1.79 bits per heavy atom.